The SMILES string of the molecule is CCC(=O)c1cc(C(=O)CC2[C@H]3CC(F)(F)C[C@@H]23)cc2c1O[C@H](C)[C@@H]2c1ccccc1. The zero-order valence-corrected chi connectivity index (χ0v) is 17.7. The number of ether oxygens (including phenoxy) is 1. The van der Waals surface area contributed by atoms with Crippen LogP contribution in [0.4, 0.5) is 8.78 Å². The molecule has 5 atom stereocenters. The first-order valence-corrected chi connectivity index (χ1v) is 11.1. The Hall–Kier alpha value is -2.56. The van der Waals surface area contributed by atoms with Gasteiger partial charge in [0.15, 0.2) is 11.6 Å². The van der Waals surface area contributed by atoms with Crippen LogP contribution < -0.4 is 4.74 Å². The van der Waals surface area contributed by atoms with Gasteiger partial charge in [-0.2, -0.15) is 0 Å². The summed E-state index contributed by atoms with van der Waals surface area (Å²) in [5, 5.41) is 0. The molecule has 31 heavy (non-hydrogen) atoms. The number of benzene rings is 2. The molecule has 2 aliphatic carbocycles. The maximum atomic E-state index is 13.5. The molecule has 0 saturated heterocycles. The number of fused-ring (bicyclic) bond motifs is 2. The highest BCUT2D eigenvalue weighted by molar-refractivity contribution is 6.04. The van der Waals surface area contributed by atoms with Crippen molar-refractivity contribution in [1.29, 1.82) is 0 Å². The van der Waals surface area contributed by atoms with E-state index in [9.17, 15) is 18.4 Å². The van der Waals surface area contributed by atoms with Crippen LogP contribution in [0.25, 0.3) is 0 Å². The Morgan fingerprint density at radius 2 is 1.74 bits per heavy atom. The summed E-state index contributed by atoms with van der Waals surface area (Å²) in [6, 6.07) is 13.5. The second-order valence-corrected chi connectivity index (χ2v) is 9.31. The van der Waals surface area contributed by atoms with Gasteiger partial charge in [-0.25, -0.2) is 8.78 Å². The number of Topliss-reactive ketones (excluding diaryl/α,β-unsaturated/α-hetero) is 2. The summed E-state index contributed by atoms with van der Waals surface area (Å²) in [4.78, 5) is 25.8. The Labute approximate surface area is 180 Å². The van der Waals surface area contributed by atoms with Gasteiger partial charge < -0.3 is 4.74 Å². The molecule has 0 N–H and O–H groups in total. The van der Waals surface area contributed by atoms with Crippen LogP contribution in [0.1, 0.15) is 77.3 Å². The van der Waals surface area contributed by atoms with Gasteiger partial charge in [0, 0.05) is 42.7 Å². The molecule has 0 bridgehead atoms. The average molecular weight is 424 g/mol. The van der Waals surface area contributed by atoms with E-state index in [0.29, 0.717) is 23.3 Å². The summed E-state index contributed by atoms with van der Waals surface area (Å²) in [7, 11) is 0. The third-order valence-electron chi connectivity index (χ3n) is 7.33. The third kappa shape index (κ3) is 3.48. The molecule has 3 nitrogen and oxygen atoms in total. The molecule has 2 aromatic carbocycles. The maximum Gasteiger partial charge on any atom is 0.248 e. The second kappa shape index (κ2) is 7.25. The molecule has 2 aromatic rings. The summed E-state index contributed by atoms with van der Waals surface area (Å²) in [6.07, 6.45) is 0.244. The Balaban J connectivity index is 1.47. The fourth-order valence-corrected chi connectivity index (χ4v) is 5.73. The average Bonchev–Trinajstić information content (AvgIpc) is 3.08. The Morgan fingerprint density at radius 3 is 2.39 bits per heavy atom. The van der Waals surface area contributed by atoms with Crippen LogP contribution in [0, 0.1) is 17.8 Å². The highest BCUT2D eigenvalue weighted by atomic mass is 19.3. The highest BCUT2D eigenvalue weighted by Crippen LogP contribution is 2.64. The summed E-state index contributed by atoms with van der Waals surface area (Å²) >= 11 is 0. The largest absolute Gasteiger partial charge is 0.489 e. The first-order chi connectivity index (χ1) is 14.8. The fourth-order valence-electron chi connectivity index (χ4n) is 5.73. The lowest BCUT2D eigenvalue weighted by molar-refractivity contribution is -0.00847. The number of hydrogen-bond acceptors (Lipinski definition) is 3. The standard InChI is InChI=1S/C26H26F2O3/c1-3-22(29)18-9-16(23(30)11-17-20-12-26(27,28)13-21(17)20)10-19-24(14(2)31-25(18)19)15-7-5-4-6-8-15/h4-10,14,17,20-21,24H,3,11-13H2,1-2H3/t14-,17?,20-,21+,24-/m1/s1. The van der Waals surface area contributed by atoms with Gasteiger partial charge in [-0.05, 0) is 42.4 Å². The lowest BCUT2D eigenvalue weighted by atomic mass is 9.85. The molecular weight excluding hydrogens is 398 g/mol. The number of carbonyl (C=O) groups is 2. The first-order valence-electron chi connectivity index (χ1n) is 11.1. The van der Waals surface area contributed by atoms with Gasteiger partial charge in [-0.3, -0.25) is 9.59 Å². The minimum absolute atomic E-state index is 0.0365. The number of ketones is 2. The van der Waals surface area contributed by atoms with Crippen molar-refractivity contribution >= 4 is 11.6 Å². The molecule has 5 heteroatoms. The third-order valence-corrected chi connectivity index (χ3v) is 7.33. The van der Waals surface area contributed by atoms with Crippen LogP contribution in [0.2, 0.25) is 0 Å². The summed E-state index contributed by atoms with van der Waals surface area (Å²) in [5.74, 6) is -2.21. The van der Waals surface area contributed by atoms with Crippen molar-refractivity contribution in [3.8, 4) is 5.75 Å². The molecule has 2 fully saturated rings. The van der Waals surface area contributed by atoms with E-state index >= 15 is 0 Å². The van der Waals surface area contributed by atoms with Crippen LogP contribution >= 0.6 is 0 Å². The minimum atomic E-state index is -2.57. The Kier molecular flexibility index (Phi) is 4.76. The van der Waals surface area contributed by atoms with Crippen LogP contribution in [-0.2, 0) is 0 Å². The van der Waals surface area contributed by atoms with E-state index in [1.54, 1.807) is 13.0 Å². The monoisotopic (exact) mass is 424 g/mol. The molecule has 5 rings (SSSR count). The molecule has 0 spiro atoms. The molecule has 1 heterocycles. The number of hydrogen-bond donors (Lipinski definition) is 0. The lowest BCUT2D eigenvalue weighted by Crippen LogP contribution is -2.16. The molecule has 1 unspecified atom stereocenters. The quantitative estimate of drug-likeness (QED) is 0.530. The predicted molar refractivity (Wildman–Crippen MR) is 113 cm³/mol. The van der Waals surface area contributed by atoms with Gasteiger partial charge >= 0.3 is 0 Å². The molecule has 3 aliphatic rings. The van der Waals surface area contributed by atoms with Crippen molar-refractivity contribution in [2.45, 2.75) is 57.5 Å². The van der Waals surface area contributed by atoms with Gasteiger partial charge in [0.05, 0.1) is 5.56 Å². The molecule has 2 saturated carbocycles. The molecule has 0 aromatic heterocycles. The van der Waals surface area contributed by atoms with Crippen molar-refractivity contribution in [2.75, 3.05) is 0 Å². The van der Waals surface area contributed by atoms with E-state index < -0.39 is 5.92 Å². The Morgan fingerprint density at radius 1 is 1.06 bits per heavy atom. The van der Waals surface area contributed by atoms with Gasteiger partial charge in [-0.15, -0.1) is 0 Å². The van der Waals surface area contributed by atoms with Gasteiger partial charge in [0.1, 0.15) is 11.9 Å². The summed E-state index contributed by atoms with van der Waals surface area (Å²) in [5.41, 5.74) is 2.89. The lowest BCUT2D eigenvalue weighted by Gasteiger charge is -2.15. The predicted octanol–water partition coefficient (Wildman–Crippen LogP) is 6.06. The molecule has 1 aliphatic heterocycles. The highest BCUT2D eigenvalue weighted by Gasteiger charge is 2.62. The van der Waals surface area contributed by atoms with E-state index in [1.807, 2.05) is 43.3 Å². The van der Waals surface area contributed by atoms with Crippen LogP contribution in [-0.4, -0.2) is 23.6 Å². The van der Waals surface area contributed by atoms with Crippen LogP contribution in [0.3, 0.4) is 0 Å². The summed E-state index contributed by atoms with van der Waals surface area (Å²) < 4.78 is 33.1. The first kappa shape index (κ1) is 20.3. The van der Waals surface area contributed by atoms with E-state index in [-0.39, 0.29) is 60.6 Å². The van der Waals surface area contributed by atoms with E-state index in [4.69, 9.17) is 4.74 Å². The van der Waals surface area contributed by atoms with Crippen molar-refractivity contribution < 1.29 is 23.1 Å². The van der Waals surface area contributed by atoms with Crippen LogP contribution in [0.5, 0.6) is 5.75 Å². The van der Waals surface area contributed by atoms with Crippen molar-refractivity contribution in [3.63, 3.8) is 0 Å². The molecule has 0 amide bonds. The number of halogens is 2. The minimum Gasteiger partial charge on any atom is -0.489 e. The zero-order chi connectivity index (χ0) is 21.9. The number of rotatable bonds is 6. The molecule has 0 radical (unpaired) electrons. The zero-order valence-electron chi connectivity index (χ0n) is 17.7. The van der Waals surface area contributed by atoms with Gasteiger partial charge in [-0.1, -0.05) is 37.3 Å². The second-order valence-electron chi connectivity index (χ2n) is 9.31. The van der Waals surface area contributed by atoms with Gasteiger partial charge in [0.25, 0.3) is 0 Å². The fraction of sp³-hybridized carbons (Fsp3) is 0.462. The van der Waals surface area contributed by atoms with Crippen molar-refractivity contribution in [3.05, 3.63) is 64.7 Å². The maximum absolute atomic E-state index is 13.5. The van der Waals surface area contributed by atoms with E-state index in [0.717, 1.165) is 11.1 Å². The van der Waals surface area contributed by atoms with Crippen molar-refractivity contribution in [2.24, 2.45) is 17.8 Å². The number of alkyl halides is 2. The Bertz CT molecular complexity index is 1030. The van der Waals surface area contributed by atoms with Crippen LogP contribution in [0.15, 0.2) is 42.5 Å². The number of carbonyl (C=O) groups excluding carboxylic acids is 2. The normalized spacial score (nSPS) is 29.7. The van der Waals surface area contributed by atoms with Gasteiger partial charge in [0.2, 0.25) is 5.92 Å². The van der Waals surface area contributed by atoms with E-state index in [2.05, 4.69) is 0 Å². The topological polar surface area (TPSA) is 43.4 Å². The summed E-state index contributed by atoms with van der Waals surface area (Å²) in [6.45, 7) is 3.77. The van der Waals surface area contributed by atoms with Crippen molar-refractivity contribution in [1.82, 2.24) is 0 Å². The molecular formula is C26H26F2O3. The van der Waals surface area contributed by atoms with E-state index in [1.165, 1.54) is 0 Å². The smallest absolute Gasteiger partial charge is 0.248 e. The molecule has 162 valence electrons.